The number of aromatic nitrogens is 2. The van der Waals surface area contributed by atoms with Gasteiger partial charge in [-0.15, -0.1) is 0 Å². The summed E-state index contributed by atoms with van der Waals surface area (Å²) in [4.78, 5) is 0. The summed E-state index contributed by atoms with van der Waals surface area (Å²) in [6.07, 6.45) is 7.93. The number of rotatable bonds is 4. The van der Waals surface area contributed by atoms with E-state index in [1.807, 2.05) is 17.9 Å². The zero-order chi connectivity index (χ0) is 15.1. The average Bonchev–Trinajstić information content (AvgIpc) is 3.07. The second-order valence-corrected chi connectivity index (χ2v) is 6.85. The Morgan fingerprint density at radius 2 is 1.91 bits per heavy atom. The number of aryl methyl sites for hydroxylation is 1. The van der Waals surface area contributed by atoms with E-state index < -0.39 is 0 Å². The van der Waals surface area contributed by atoms with Crippen molar-refractivity contribution >= 4 is 0 Å². The van der Waals surface area contributed by atoms with Crippen molar-refractivity contribution < 1.29 is 5.11 Å². The van der Waals surface area contributed by atoms with Crippen molar-refractivity contribution in [3.8, 4) is 0 Å². The molecule has 116 valence electrons. The Hall–Kier alpha value is -1.65. The number of hydrogen-bond donors (Lipinski definition) is 2. The first-order valence-electron chi connectivity index (χ1n) is 8.18. The van der Waals surface area contributed by atoms with Crippen LogP contribution >= 0.6 is 0 Å². The second kappa shape index (κ2) is 5.52. The van der Waals surface area contributed by atoms with Gasteiger partial charge in [0.25, 0.3) is 0 Å². The predicted octanol–water partition coefficient (Wildman–Crippen LogP) is 1.99. The van der Waals surface area contributed by atoms with Crippen molar-refractivity contribution in [1.29, 1.82) is 0 Å². The van der Waals surface area contributed by atoms with Crippen LogP contribution in [0.2, 0.25) is 0 Å². The summed E-state index contributed by atoms with van der Waals surface area (Å²) in [7, 11) is 1.96. The van der Waals surface area contributed by atoms with Gasteiger partial charge in [-0.2, -0.15) is 5.10 Å². The third-order valence-corrected chi connectivity index (χ3v) is 5.17. The Morgan fingerprint density at radius 1 is 1.23 bits per heavy atom. The monoisotopic (exact) mass is 297 g/mol. The largest absolute Gasteiger partial charge is 0.393 e. The smallest absolute Gasteiger partial charge is 0.0547 e. The van der Waals surface area contributed by atoms with Crippen molar-refractivity contribution in [3.05, 3.63) is 53.3 Å². The van der Waals surface area contributed by atoms with Crippen LogP contribution in [0, 0.1) is 5.92 Å². The Labute approximate surface area is 131 Å². The molecule has 4 nitrogen and oxygen atoms in total. The number of benzene rings is 1. The van der Waals surface area contributed by atoms with Gasteiger partial charge in [-0.3, -0.25) is 4.68 Å². The maximum atomic E-state index is 9.67. The molecule has 0 bridgehead atoms. The number of aliphatic hydroxyl groups is 1. The Morgan fingerprint density at radius 3 is 2.45 bits per heavy atom. The summed E-state index contributed by atoms with van der Waals surface area (Å²) in [6.45, 7) is 0. The van der Waals surface area contributed by atoms with Gasteiger partial charge < -0.3 is 10.4 Å². The van der Waals surface area contributed by atoms with Crippen LogP contribution in [0.25, 0.3) is 0 Å². The number of fused-ring (bicyclic) bond motifs is 1. The molecule has 1 aromatic carbocycles. The molecule has 0 amide bonds. The number of nitrogens with zero attached hydrogens (tertiary/aromatic N) is 2. The molecule has 0 saturated heterocycles. The molecule has 0 aliphatic heterocycles. The minimum atomic E-state index is -0.119. The molecule has 1 atom stereocenters. The van der Waals surface area contributed by atoms with Gasteiger partial charge >= 0.3 is 0 Å². The lowest BCUT2D eigenvalue weighted by Crippen LogP contribution is -2.43. The Balaban J connectivity index is 1.50. The van der Waals surface area contributed by atoms with Gasteiger partial charge in [-0.25, -0.2) is 0 Å². The lowest BCUT2D eigenvalue weighted by Gasteiger charge is -2.39. The summed E-state index contributed by atoms with van der Waals surface area (Å²) in [6, 6.07) is 9.52. The van der Waals surface area contributed by atoms with E-state index in [1.54, 1.807) is 0 Å². The van der Waals surface area contributed by atoms with Crippen LogP contribution in [-0.2, 0) is 19.9 Å². The maximum absolute atomic E-state index is 9.67. The summed E-state index contributed by atoms with van der Waals surface area (Å²) >= 11 is 0. The topological polar surface area (TPSA) is 50.1 Å². The third-order valence-electron chi connectivity index (χ3n) is 5.17. The van der Waals surface area contributed by atoms with Crippen molar-refractivity contribution in [3.63, 3.8) is 0 Å². The third kappa shape index (κ3) is 2.57. The molecule has 2 aliphatic rings. The standard InChI is InChI=1S/C18H23N3O/c1-21-11-15(10-19-21)18(14-8-17(22)9-14)20-16-6-12-4-2-3-5-13(12)7-16/h2-5,10-11,14,16-18,20,22H,6-9H2,1H3/t14?,17?,18-/m0/s1. The summed E-state index contributed by atoms with van der Waals surface area (Å²) < 4.78 is 1.86. The minimum absolute atomic E-state index is 0.119. The molecule has 0 spiro atoms. The SMILES string of the molecule is Cn1cc([C@@H](NC2Cc3ccccc3C2)C2CC(O)C2)cn1. The molecule has 0 radical (unpaired) electrons. The summed E-state index contributed by atoms with van der Waals surface area (Å²) in [5.74, 6) is 0.517. The van der Waals surface area contributed by atoms with E-state index in [1.165, 1.54) is 16.7 Å². The molecule has 0 unspecified atom stereocenters. The molecule has 2 aliphatic carbocycles. The minimum Gasteiger partial charge on any atom is -0.393 e. The molecule has 1 fully saturated rings. The molecular formula is C18H23N3O. The van der Waals surface area contributed by atoms with Crippen LogP contribution in [0.5, 0.6) is 0 Å². The van der Waals surface area contributed by atoms with Crippen molar-refractivity contribution in [2.24, 2.45) is 13.0 Å². The molecule has 1 aromatic heterocycles. The molecule has 2 N–H and O–H groups in total. The number of aliphatic hydroxyl groups excluding tert-OH is 1. The molecule has 4 rings (SSSR count). The molecule has 1 heterocycles. The van der Waals surface area contributed by atoms with E-state index in [9.17, 15) is 5.11 Å². The van der Waals surface area contributed by atoms with E-state index in [0.717, 1.165) is 25.7 Å². The van der Waals surface area contributed by atoms with Crippen LogP contribution in [0.3, 0.4) is 0 Å². The van der Waals surface area contributed by atoms with Crippen molar-refractivity contribution in [1.82, 2.24) is 15.1 Å². The maximum Gasteiger partial charge on any atom is 0.0547 e. The van der Waals surface area contributed by atoms with Crippen LogP contribution in [0.15, 0.2) is 36.7 Å². The molecular weight excluding hydrogens is 274 g/mol. The average molecular weight is 297 g/mol. The zero-order valence-electron chi connectivity index (χ0n) is 12.9. The Kier molecular flexibility index (Phi) is 3.51. The van der Waals surface area contributed by atoms with Gasteiger partial charge in [0, 0.05) is 30.9 Å². The highest BCUT2D eigenvalue weighted by Gasteiger charge is 2.37. The fraction of sp³-hybridized carbons (Fsp3) is 0.500. The van der Waals surface area contributed by atoms with Crippen LogP contribution < -0.4 is 5.32 Å². The quantitative estimate of drug-likeness (QED) is 0.907. The van der Waals surface area contributed by atoms with E-state index in [2.05, 4.69) is 40.9 Å². The molecule has 22 heavy (non-hydrogen) atoms. The van der Waals surface area contributed by atoms with E-state index in [0.29, 0.717) is 18.0 Å². The van der Waals surface area contributed by atoms with Gasteiger partial charge in [0.2, 0.25) is 0 Å². The van der Waals surface area contributed by atoms with Gasteiger partial charge in [0.15, 0.2) is 0 Å². The lowest BCUT2D eigenvalue weighted by molar-refractivity contribution is 0.0220. The Bertz CT molecular complexity index is 635. The van der Waals surface area contributed by atoms with Crippen molar-refractivity contribution in [2.45, 2.75) is 43.9 Å². The molecule has 4 heteroatoms. The van der Waals surface area contributed by atoms with E-state index >= 15 is 0 Å². The normalized spacial score (nSPS) is 25.7. The van der Waals surface area contributed by atoms with Crippen LogP contribution in [0.1, 0.15) is 35.6 Å². The molecule has 1 saturated carbocycles. The predicted molar refractivity (Wildman–Crippen MR) is 85.5 cm³/mol. The first-order chi connectivity index (χ1) is 10.7. The van der Waals surface area contributed by atoms with Gasteiger partial charge in [0.1, 0.15) is 0 Å². The number of hydrogen-bond acceptors (Lipinski definition) is 3. The first-order valence-corrected chi connectivity index (χ1v) is 8.18. The number of nitrogens with one attached hydrogen (secondary N) is 1. The highest BCUT2D eigenvalue weighted by molar-refractivity contribution is 5.33. The zero-order valence-corrected chi connectivity index (χ0v) is 12.9. The highest BCUT2D eigenvalue weighted by Crippen LogP contribution is 2.39. The van der Waals surface area contributed by atoms with Gasteiger partial charge in [0.05, 0.1) is 12.3 Å². The highest BCUT2D eigenvalue weighted by atomic mass is 16.3. The summed E-state index contributed by atoms with van der Waals surface area (Å²) in [5.41, 5.74) is 4.19. The van der Waals surface area contributed by atoms with Gasteiger partial charge in [-0.05, 0) is 42.7 Å². The van der Waals surface area contributed by atoms with E-state index in [-0.39, 0.29) is 6.10 Å². The summed E-state index contributed by atoms with van der Waals surface area (Å²) in [5, 5.41) is 17.8. The van der Waals surface area contributed by atoms with Crippen molar-refractivity contribution in [2.75, 3.05) is 0 Å². The fourth-order valence-electron chi connectivity index (χ4n) is 3.94. The fourth-order valence-corrected chi connectivity index (χ4v) is 3.94. The van der Waals surface area contributed by atoms with Gasteiger partial charge in [-0.1, -0.05) is 24.3 Å². The lowest BCUT2D eigenvalue weighted by atomic mass is 9.75. The van der Waals surface area contributed by atoms with Crippen LogP contribution in [-0.4, -0.2) is 27.0 Å². The second-order valence-electron chi connectivity index (χ2n) is 6.85. The first kappa shape index (κ1) is 14.0. The van der Waals surface area contributed by atoms with E-state index in [4.69, 9.17) is 0 Å². The molecule has 2 aromatic rings. The van der Waals surface area contributed by atoms with Crippen LogP contribution in [0.4, 0.5) is 0 Å².